The van der Waals surface area contributed by atoms with Gasteiger partial charge < -0.3 is 10.8 Å². The molecule has 1 fully saturated rings. The number of aliphatic carboxylic acids is 1. The second kappa shape index (κ2) is 10.6. The van der Waals surface area contributed by atoms with Crippen molar-refractivity contribution in [2.75, 3.05) is 5.73 Å². The second-order valence-electron chi connectivity index (χ2n) is 8.63. The lowest BCUT2D eigenvalue weighted by Crippen LogP contribution is -2.16. The third kappa shape index (κ3) is 5.22. The van der Waals surface area contributed by atoms with E-state index >= 15 is 0 Å². The molecule has 1 aliphatic carbocycles. The van der Waals surface area contributed by atoms with Gasteiger partial charge in [0.2, 0.25) is 5.97 Å². The van der Waals surface area contributed by atoms with Crippen LogP contribution in [0.3, 0.4) is 0 Å². The summed E-state index contributed by atoms with van der Waals surface area (Å²) in [6.45, 7) is 0. The van der Waals surface area contributed by atoms with Crippen LogP contribution in [0.15, 0.2) is 66.7 Å². The van der Waals surface area contributed by atoms with E-state index < -0.39 is 11.9 Å². The van der Waals surface area contributed by atoms with E-state index in [1.807, 2.05) is 18.2 Å². The van der Waals surface area contributed by atoms with Crippen LogP contribution < -0.4 is 5.73 Å². The van der Waals surface area contributed by atoms with E-state index in [-0.39, 0.29) is 17.2 Å². The number of carbonyl (C=O) groups is 1. The molecule has 0 spiro atoms. The van der Waals surface area contributed by atoms with Gasteiger partial charge in [-0.25, -0.2) is 4.79 Å². The van der Waals surface area contributed by atoms with Crippen LogP contribution in [0.5, 0.6) is 0 Å². The summed E-state index contributed by atoms with van der Waals surface area (Å²) in [6.07, 6.45) is 5.50. The van der Waals surface area contributed by atoms with Gasteiger partial charge in [-0.2, -0.15) is 9.65 Å². The first-order chi connectivity index (χ1) is 17.3. The number of nitrogen functional groups attached to an aromatic ring is 1. The van der Waals surface area contributed by atoms with Crippen LogP contribution in [-0.2, 0) is 4.79 Å². The van der Waals surface area contributed by atoms with Crippen molar-refractivity contribution in [2.24, 2.45) is 5.92 Å². The number of carboxylic acids is 1. The number of nitriles is 1. The molecule has 5 nitrogen and oxygen atoms in total. The molecule has 0 aromatic heterocycles. The van der Waals surface area contributed by atoms with E-state index in [1.165, 1.54) is 6.08 Å². The number of halogens is 2. The molecule has 36 heavy (non-hydrogen) atoms. The number of nitrogens with zero attached hydrogens (tertiary/aromatic N) is 1. The number of nitrogens with one attached hydrogen (secondary N) is 1. The highest BCUT2D eigenvalue weighted by Gasteiger charge is 2.29. The Hall–Kier alpha value is -4.21. The van der Waals surface area contributed by atoms with E-state index in [1.54, 1.807) is 42.5 Å². The second-order valence-corrected chi connectivity index (χ2v) is 9.06. The van der Waals surface area contributed by atoms with Crippen molar-refractivity contribution in [3.63, 3.8) is 0 Å². The van der Waals surface area contributed by atoms with Gasteiger partial charge in [0.25, 0.3) is 0 Å². The van der Waals surface area contributed by atoms with E-state index in [2.05, 4.69) is 6.07 Å². The van der Waals surface area contributed by atoms with Crippen molar-refractivity contribution in [3.05, 3.63) is 105 Å². The predicted molar refractivity (Wildman–Crippen MR) is 141 cm³/mol. The summed E-state index contributed by atoms with van der Waals surface area (Å²) in [5.41, 5.74) is 11.2. The number of anilines is 1. The molecule has 1 aliphatic rings. The van der Waals surface area contributed by atoms with Crippen LogP contribution in [0, 0.1) is 22.7 Å². The van der Waals surface area contributed by atoms with Gasteiger partial charge in [-0.05, 0) is 82.5 Å². The molecule has 0 radical (unpaired) electrons. The van der Waals surface area contributed by atoms with Crippen LogP contribution in [0.25, 0.3) is 17.2 Å². The molecule has 0 saturated heterocycles. The number of hydrogen-bond acceptors (Lipinski definition) is 4. The Morgan fingerprint density at radius 1 is 1.08 bits per heavy atom. The molecule has 4 N–H and O–H groups in total. The molecule has 0 atom stereocenters. The van der Waals surface area contributed by atoms with Gasteiger partial charge in [-0.3, -0.25) is 5.41 Å². The lowest BCUT2D eigenvalue weighted by molar-refractivity contribution is -0.131. The van der Waals surface area contributed by atoms with E-state index in [0.717, 1.165) is 47.6 Å². The zero-order valence-electron chi connectivity index (χ0n) is 19.3. The molecule has 3 aromatic carbocycles. The first-order valence-electron chi connectivity index (χ1n) is 11.4. The largest absolute Gasteiger partial charge is 0.478 e. The normalized spacial score (nSPS) is 14.1. The number of benzene rings is 3. The number of rotatable bonds is 7. The van der Waals surface area contributed by atoms with Crippen molar-refractivity contribution < 1.29 is 14.3 Å². The van der Waals surface area contributed by atoms with Gasteiger partial charge in [0.15, 0.2) is 0 Å². The summed E-state index contributed by atoms with van der Waals surface area (Å²) < 4.78 is 14.0. The Balaban J connectivity index is 2.02. The van der Waals surface area contributed by atoms with Gasteiger partial charge in [0.05, 0.1) is 17.2 Å². The maximum atomic E-state index is 14.0. The molecule has 0 amide bonds. The standard InChI is InChI=1S/C29H23ClFN3O2/c30-22-10-11-23(21(14-22)16-32)28(18-2-1-3-18)27(20-9-12-25(33)24(15-20)29(31)34)19-7-4-17(5-8-19)6-13-26(35)36/h4-15,18,34H,1-3,33H2,(H,35,36)/b13-6+,28-27+,34-29?. The lowest BCUT2D eigenvalue weighted by Gasteiger charge is -2.32. The first-order valence-corrected chi connectivity index (χ1v) is 11.8. The molecule has 0 heterocycles. The highest BCUT2D eigenvalue weighted by molar-refractivity contribution is 6.30. The minimum absolute atomic E-state index is 0.00409. The zero-order chi connectivity index (χ0) is 25.8. The Morgan fingerprint density at radius 3 is 2.36 bits per heavy atom. The Bertz CT molecular complexity index is 1450. The fourth-order valence-corrected chi connectivity index (χ4v) is 4.58. The van der Waals surface area contributed by atoms with Crippen LogP contribution in [0.1, 0.15) is 52.6 Å². The molecule has 7 heteroatoms. The van der Waals surface area contributed by atoms with Crippen LogP contribution in [-0.4, -0.2) is 17.0 Å². The first kappa shape index (κ1) is 24.9. The topological polar surface area (TPSA) is 111 Å². The van der Waals surface area contributed by atoms with Gasteiger partial charge >= 0.3 is 5.97 Å². The number of allylic oxidation sites excluding steroid dienone is 1. The van der Waals surface area contributed by atoms with Crippen molar-refractivity contribution in [2.45, 2.75) is 19.3 Å². The zero-order valence-corrected chi connectivity index (χ0v) is 20.0. The van der Waals surface area contributed by atoms with Gasteiger partial charge in [-0.15, -0.1) is 0 Å². The lowest BCUT2D eigenvalue weighted by atomic mass is 9.72. The average Bonchev–Trinajstić information content (AvgIpc) is 2.82. The summed E-state index contributed by atoms with van der Waals surface area (Å²) in [7, 11) is 0. The van der Waals surface area contributed by atoms with Crippen LogP contribution in [0.2, 0.25) is 5.02 Å². The molecule has 4 rings (SSSR count). The minimum atomic E-state index is -1.13. The average molecular weight is 500 g/mol. The highest BCUT2D eigenvalue weighted by Crippen LogP contribution is 2.46. The number of hydrogen-bond donors (Lipinski definition) is 3. The monoisotopic (exact) mass is 499 g/mol. The van der Waals surface area contributed by atoms with E-state index in [0.29, 0.717) is 21.7 Å². The van der Waals surface area contributed by atoms with Gasteiger partial charge in [0, 0.05) is 16.8 Å². The molecular weight excluding hydrogens is 477 g/mol. The number of nitrogens with two attached hydrogens (primary N) is 1. The molecule has 0 unspecified atom stereocenters. The summed E-state index contributed by atoms with van der Waals surface area (Å²) in [4.78, 5) is 10.9. The Morgan fingerprint density at radius 2 is 1.78 bits per heavy atom. The minimum Gasteiger partial charge on any atom is -0.478 e. The molecule has 0 bridgehead atoms. The van der Waals surface area contributed by atoms with Gasteiger partial charge in [-0.1, -0.05) is 54.4 Å². The highest BCUT2D eigenvalue weighted by atomic mass is 35.5. The summed E-state index contributed by atoms with van der Waals surface area (Å²) in [6, 6.07) is 19.8. The fourth-order valence-electron chi connectivity index (χ4n) is 4.41. The van der Waals surface area contributed by atoms with Crippen molar-refractivity contribution in [3.8, 4) is 6.07 Å². The van der Waals surface area contributed by atoms with Crippen LogP contribution in [0.4, 0.5) is 10.1 Å². The third-order valence-electron chi connectivity index (χ3n) is 6.37. The summed E-state index contributed by atoms with van der Waals surface area (Å²) >= 11 is 6.19. The SMILES string of the molecule is N#Cc1cc(Cl)ccc1/C(=C(\c1ccc(/C=C/C(=O)O)cc1)c1ccc(N)c(C(=N)F)c1)C1CCC1. The molecule has 180 valence electrons. The van der Waals surface area contributed by atoms with E-state index in [9.17, 15) is 14.4 Å². The maximum Gasteiger partial charge on any atom is 0.328 e. The fraction of sp³-hybridized carbons (Fsp3) is 0.138. The summed E-state index contributed by atoms with van der Waals surface area (Å²) in [5, 5.41) is 26.8. The third-order valence-corrected chi connectivity index (χ3v) is 6.61. The molecule has 1 saturated carbocycles. The maximum absolute atomic E-state index is 14.0. The smallest absolute Gasteiger partial charge is 0.328 e. The van der Waals surface area contributed by atoms with E-state index in [4.69, 9.17) is 27.9 Å². The van der Waals surface area contributed by atoms with Crippen LogP contribution >= 0.6 is 11.6 Å². The van der Waals surface area contributed by atoms with Crippen molar-refractivity contribution in [1.29, 1.82) is 10.7 Å². The van der Waals surface area contributed by atoms with Crippen molar-refractivity contribution in [1.82, 2.24) is 0 Å². The van der Waals surface area contributed by atoms with Crippen molar-refractivity contribution >= 4 is 46.4 Å². The van der Waals surface area contributed by atoms with Gasteiger partial charge in [0.1, 0.15) is 0 Å². The molecule has 0 aliphatic heterocycles. The quantitative estimate of drug-likeness (QED) is 0.141. The summed E-state index contributed by atoms with van der Waals surface area (Å²) in [5.74, 6) is -2.00. The Kier molecular flexibility index (Phi) is 7.33. The molecular formula is C29H23ClFN3O2. The predicted octanol–water partition coefficient (Wildman–Crippen LogP) is 6.95. The number of carboxylic acid groups (broad SMARTS) is 1. The molecule has 3 aromatic rings. The Labute approximate surface area is 213 Å².